The van der Waals surface area contributed by atoms with Crippen molar-refractivity contribution in [3.8, 4) is 11.5 Å². The first-order chi connectivity index (χ1) is 25.5. The summed E-state index contributed by atoms with van der Waals surface area (Å²) in [4.78, 5) is 47.1. The van der Waals surface area contributed by atoms with Gasteiger partial charge >= 0.3 is 0 Å². The molecule has 2 aromatic rings. The van der Waals surface area contributed by atoms with Gasteiger partial charge in [0.15, 0.2) is 5.96 Å². The van der Waals surface area contributed by atoms with Crippen LogP contribution in [-0.2, 0) is 14.4 Å². The smallest absolute Gasteiger partial charge is 0.229 e. The number of carbonyl (C=O) groups is 3. The molecule has 0 saturated heterocycles. The lowest BCUT2D eigenvalue weighted by molar-refractivity contribution is -0.128. The molecule has 8 unspecified atom stereocenters. The number of rotatable bonds is 10. The molecule has 12 atom stereocenters. The summed E-state index contributed by atoms with van der Waals surface area (Å²) in [5, 5.41) is 31.8. The van der Waals surface area contributed by atoms with E-state index in [1.807, 2.05) is 76.2 Å². The molecule has 3 amide bonds. The molecule has 0 spiro atoms. The third-order valence-electron chi connectivity index (χ3n) is 13.5. The van der Waals surface area contributed by atoms with Gasteiger partial charge in [-0.25, -0.2) is 4.99 Å². The second kappa shape index (κ2) is 13.5. The fourth-order valence-corrected chi connectivity index (χ4v) is 10.7. The Morgan fingerprint density at radius 2 is 1.22 bits per heavy atom. The third kappa shape index (κ3) is 6.23. The van der Waals surface area contributed by atoms with E-state index in [1.165, 1.54) is 0 Å². The summed E-state index contributed by atoms with van der Waals surface area (Å²) in [5.74, 6) is -0.588. The Bertz CT molecular complexity index is 1730. The van der Waals surface area contributed by atoms with Crippen LogP contribution in [0, 0.1) is 47.3 Å². The Balaban J connectivity index is 1.15. The van der Waals surface area contributed by atoms with Gasteiger partial charge < -0.3 is 36.1 Å². The van der Waals surface area contributed by atoms with Crippen molar-refractivity contribution in [3.63, 3.8) is 0 Å². The van der Waals surface area contributed by atoms with E-state index < -0.39 is 41.0 Å². The monoisotopic (exact) mass is 743 g/mol. The van der Waals surface area contributed by atoms with Gasteiger partial charge in [0.1, 0.15) is 34.9 Å². The number of nitrogens with zero attached hydrogens (tertiary/aromatic N) is 1. The minimum Gasteiger partial charge on any atom is -0.485 e. The van der Waals surface area contributed by atoms with E-state index in [0.29, 0.717) is 24.3 Å². The quantitative estimate of drug-likeness (QED) is 0.210. The molecule has 292 valence electrons. The van der Waals surface area contributed by atoms with E-state index in [0.717, 1.165) is 11.1 Å². The zero-order valence-electron chi connectivity index (χ0n) is 32.6. The summed E-state index contributed by atoms with van der Waals surface area (Å²) in [6, 6.07) is 13.6. The highest BCUT2D eigenvalue weighted by Gasteiger charge is 2.67. The number of aliphatic hydroxyl groups is 2. The highest BCUT2D eigenvalue weighted by molar-refractivity contribution is 5.99. The Morgan fingerprint density at radius 1 is 0.815 bits per heavy atom. The van der Waals surface area contributed by atoms with E-state index in [-0.39, 0.29) is 77.4 Å². The normalized spacial score (nSPS) is 36.7. The van der Waals surface area contributed by atoms with Crippen LogP contribution in [-0.4, -0.2) is 62.8 Å². The van der Waals surface area contributed by atoms with E-state index >= 15 is 0 Å². The molecule has 2 aliphatic carbocycles. The number of hydrogen-bond acceptors (Lipinski definition) is 9. The van der Waals surface area contributed by atoms with Crippen molar-refractivity contribution in [2.24, 2.45) is 58.1 Å². The van der Waals surface area contributed by atoms with Gasteiger partial charge in [-0.15, -0.1) is 0 Å². The predicted molar refractivity (Wildman–Crippen MR) is 203 cm³/mol. The molecule has 12 heteroatoms. The van der Waals surface area contributed by atoms with Gasteiger partial charge in [0.2, 0.25) is 17.7 Å². The molecule has 3 heterocycles. The molecule has 7 N–H and O–H groups in total. The number of amides is 3. The maximum absolute atomic E-state index is 14.2. The van der Waals surface area contributed by atoms with Crippen LogP contribution in [0.15, 0.2) is 53.5 Å². The van der Waals surface area contributed by atoms with Crippen molar-refractivity contribution in [1.82, 2.24) is 16.0 Å². The molecule has 0 bridgehead atoms. The van der Waals surface area contributed by atoms with Crippen LogP contribution in [0.3, 0.4) is 0 Å². The van der Waals surface area contributed by atoms with Crippen molar-refractivity contribution in [2.75, 3.05) is 0 Å². The van der Waals surface area contributed by atoms with Crippen LogP contribution in [0.4, 0.5) is 0 Å². The Labute approximate surface area is 318 Å². The van der Waals surface area contributed by atoms with Crippen LogP contribution in [0.5, 0.6) is 11.5 Å². The van der Waals surface area contributed by atoms with Crippen LogP contribution < -0.4 is 31.2 Å². The minimum absolute atomic E-state index is 0.0138. The molecule has 0 aromatic heterocycles. The largest absolute Gasteiger partial charge is 0.485 e. The van der Waals surface area contributed by atoms with E-state index in [2.05, 4.69) is 43.6 Å². The fourth-order valence-electron chi connectivity index (χ4n) is 10.7. The molecule has 12 nitrogen and oxygen atoms in total. The average molecular weight is 744 g/mol. The third-order valence-corrected chi connectivity index (χ3v) is 13.5. The molecule has 7 rings (SSSR count). The Kier molecular flexibility index (Phi) is 9.56. The van der Waals surface area contributed by atoms with Gasteiger partial charge in [-0.3, -0.25) is 19.7 Å². The lowest BCUT2D eigenvalue weighted by atomic mass is 9.64. The van der Waals surface area contributed by atoms with Crippen molar-refractivity contribution < 1.29 is 34.1 Å². The molecular formula is C42H57N5O7. The number of fused-ring (bicyclic) bond motifs is 2. The number of nitrogens with two attached hydrogens (primary N) is 1. The number of hydrogen-bond donors (Lipinski definition) is 6. The highest BCUT2D eigenvalue weighted by atomic mass is 16.5. The van der Waals surface area contributed by atoms with Gasteiger partial charge in [-0.1, -0.05) is 76.9 Å². The van der Waals surface area contributed by atoms with Gasteiger partial charge in [-0.2, -0.15) is 0 Å². The minimum atomic E-state index is -0.977. The molecule has 54 heavy (non-hydrogen) atoms. The first-order valence-corrected chi connectivity index (χ1v) is 19.6. The Hall–Kier alpha value is -4.16. The second-order valence-corrected chi connectivity index (χ2v) is 17.5. The van der Waals surface area contributed by atoms with Crippen LogP contribution in [0.25, 0.3) is 0 Å². The van der Waals surface area contributed by atoms with E-state index in [4.69, 9.17) is 20.2 Å². The van der Waals surface area contributed by atoms with Gasteiger partial charge in [0.25, 0.3) is 0 Å². The summed E-state index contributed by atoms with van der Waals surface area (Å²) < 4.78 is 12.2. The van der Waals surface area contributed by atoms with Crippen molar-refractivity contribution in [1.29, 1.82) is 0 Å². The lowest BCUT2D eigenvalue weighted by Crippen LogP contribution is -2.57. The molecule has 2 aromatic carbocycles. The number of para-hydroxylation sites is 2. The number of aliphatic hydroxyl groups excluding tert-OH is 2. The van der Waals surface area contributed by atoms with Gasteiger partial charge in [0, 0.05) is 23.0 Å². The summed E-state index contributed by atoms with van der Waals surface area (Å²) in [5.41, 5.74) is 5.06. The van der Waals surface area contributed by atoms with Crippen LogP contribution >= 0.6 is 0 Å². The number of ether oxygens (including phenoxy) is 2. The summed E-state index contributed by atoms with van der Waals surface area (Å²) >= 11 is 0. The molecule has 3 aliphatic heterocycles. The molecule has 2 saturated carbocycles. The van der Waals surface area contributed by atoms with Crippen LogP contribution in [0.1, 0.15) is 97.9 Å². The van der Waals surface area contributed by atoms with E-state index in [9.17, 15) is 24.6 Å². The fraction of sp³-hybridized carbons (Fsp3) is 0.619. The second-order valence-electron chi connectivity index (χ2n) is 17.5. The first-order valence-electron chi connectivity index (χ1n) is 19.6. The highest BCUT2D eigenvalue weighted by Crippen LogP contribution is 2.63. The SMILES string of the molecule is CCC(C1C(C)C1C(=O)N[C@@H]1c2ccccc2OC(C)(C)[C@H]1O)C1(C(CC)C2C(C)C2C(=O)N[C@@H]2c3ccccc3OC(C)(C)[C@H]2O)CC(=O)NC(N)=N1. The average Bonchev–Trinajstić information content (AvgIpc) is 3.98. The molecule has 2 fully saturated rings. The van der Waals surface area contributed by atoms with Crippen molar-refractivity contribution >= 4 is 23.7 Å². The summed E-state index contributed by atoms with van der Waals surface area (Å²) in [6.07, 6.45) is -0.565. The Morgan fingerprint density at radius 3 is 1.61 bits per heavy atom. The maximum Gasteiger partial charge on any atom is 0.229 e. The molecular weight excluding hydrogens is 686 g/mol. The number of benzene rings is 2. The maximum atomic E-state index is 14.2. The number of nitrogens with one attached hydrogen (secondary N) is 3. The summed E-state index contributed by atoms with van der Waals surface area (Å²) in [7, 11) is 0. The topological polar surface area (TPSA) is 185 Å². The molecule has 0 radical (unpaired) electrons. The van der Waals surface area contributed by atoms with E-state index in [1.54, 1.807) is 0 Å². The number of aliphatic imine (C=N–C) groups is 1. The van der Waals surface area contributed by atoms with Gasteiger partial charge in [0.05, 0.1) is 24.0 Å². The first kappa shape index (κ1) is 38.1. The zero-order valence-corrected chi connectivity index (χ0v) is 32.6. The molecule has 5 aliphatic rings. The lowest BCUT2D eigenvalue weighted by Gasteiger charge is -2.46. The van der Waals surface area contributed by atoms with Crippen LogP contribution in [0.2, 0.25) is 0 Å². The predicted octanol–water partition coefficient (Wildman–Crippen LogP) is 4.16. The van der Waals surface area contributed by atoms with Crippen molar-refractivity contribution in [3.05, 3.63) is 59.7 Å². The van der Waals surface area contributed by atoms with Gasteiger partial charge in [-0.05, 0) is 75.3 Å². The number of carbonyl (C=O) groups excluding carboxylic acids is 3. The number of guanidine groups is 1. The van der Waals surface area contributed by atoms with Crippen molar-refractivity contribution in [2.45, 2.75) is 116 Å². The zero-order chi connectivity index (χ0) is 39.1. The standard InChI is InChI=1S/C42H57N5O7/c1-9-24(29-20(3)31(29)37(51)45-33-22-15-11-13-17-26(22)53-40(5,6)35(33)49)42(19-28(48)44-39(43)47-42)25(10-2)30-21(4)32(30)38(52)46-34-23-16-12-14-18-27(23)54-41(7,8)36(34)50/h11-18,20-21,24-25,29-36,49-50H,9-10,19H2,1-8H3,(H,45,51)(H,46,52)(H3,43,44,47,48)/t20?,21?,24?,25?,29?,30?,31?,32?,33-,34-,35+,36+,42?/m1/s1. The summed E-state index contributed by atoms with van der Waals surface area (Å²) in [6.45, 7) is 15.5.